The minimum absolute atomic E-state index is 0.127. The third-order valence-corrected chi connectivity index (χ3v) is 4.28. The number of hydrogen-bond acceptors (Lipinski definition) is 5. The van der Waals surface area contributed by atoms with E-state index in [2.05, 4.69) is 19.9 Å². The van der Waals surface area contributed by atoms with Crippen molar-refractivity contribution >= 4 is 12.2 Å². The minimum Gasteiger partial charge on any atom is -0.487 e. The van der Waals surface area contributed by atoms with Crippen LogP contribution in [0.5, 0.6) is 5.75 Å². The van der Waals surface area contributed by atoms with Crippen molar-refractivity contribution in [3.63, 3.8) is 0 Å². The topological polar surface area (TPSA) is 101 Å². The molecular formula is C23H18N4O3. The molecular weight excluding hydrogens is 380 g/mol. The Morgan fingerprint density at radius 1 is 0.833 bits per heavy atom. The molecule has 1 aromatic carbocycles. The Morgan fingerprint density at radius 2 is 1.60 bits per heavy atom. The highest BCUT2D eigenvalue weighted by Gasteiger charge is 2.00. The molecule has 0 aliphatic rings. The molecule has 0 saturated heterocycles. The van der Waals surface area contributed by atoms with Gasteiger partial charge in [0.15, 0.2) is 0 Å². The summed E-state index contributed by atoms with van der Waals surface area (Å²) in [5, 5.41) is 0.317. The average molecular weight is 398 g/mol. The molecule has 0 radical (unpaired) electrons. The summed E-state index contributed by atoms with van der Waals surface area (Å²) in [6.45, 7) is 0.380. The van der Waals surface area contributed by atoms with E-state index in [0.29, 0.717) is 18.1 Å². The fourth-order valence-electron chi connectivity index (χ4n) is 2.77. The zero-order valence-electron chi connectivity index (χ0n) is 15.9. The monoisotopic (exact) mass is 398 g/mol. The van der Waals surface area contributed by atoms with Crippen molar-refractivity contribution in [1.29, 1.82) is 0 Å². The van der Waals surface area contributed by atoms with E-state index in [-0.39, 0.29) is 16.3 Å². The fraction of sp³-hybridized carbons (Fsp3) is 0.0435. The third-order valence-electron chi connectivity index (χ3n) is 4.28. The van der Waals surface area contributed by atoms with Crippen LogP contribution in [0.15, 0.2) is 82.8 Å². The quantitative estimate of drug-likeness (QED) is 0.524. The van der Waals surface area contributed by atoms with Gasteiger partial charge in [-0.15, -0.1) is 0 Å². The highest BCUT2D eigenvalue weighted by molar-refractivity contribution is 5.48. The summed E-state index contributed by atoms with van der Waals surface area (Å²) in [5.41, 5.74) is 1.49. The minimum atomic E-state index is -0.407. The number of benzene rings is 1. The summed E-state index contributed by atoms with van der Waals surface area (Å²) in [7, 11) is 0. The van der Waals surface area contributed by atoms with Gasteiger partial charge in [0.1, 0.15) is 23.1 Å². The van der Waals surface area contributed by atoms with E-state index in [4.69, 9.17) is 4.74 Å². The molecule has 0 spiro atoms. The van der Waals surface area contributed by atoms with E-state index in [0.717, 1.165) is 11.1 Å². The summed E-state index contributed by atoms with van der Waals surface area (Å²) in [6, 6.07) is 16.5. The van der Waals surface area contributed by atoms with Gasteiger partial charge >= 0.3 is 0 Å². The molecule has 0 bridgehead atoms. The smallest absolute Gasteiger partial charge is 0.272 e. The lowest BCUT2D eigenvalue weighted by Crippen LogP contribution is -2.46. The molecule has 0 unspecified atom stereocenters. The van der Waals surface area contributed by atoms with E-state index in [1.54, 1.807) is 36.8 Å². The molecule has 4 rings (SSSR count). The van der Waals surface area contributed by atoms with Crippen molar-refractivity contribution < 1.29 is 4.74 Å². The first-order chi connectivity index (χ1) is 14.7. The lowest BCUT2D eigenvalue weighted by molar-refractivity contribution is 0.304. The van der Waals surface area contributed by atoms with Crippen molar-refractivity contribution in [2.45, 2.75) is 6.61 Å². The van der Waals surface area contributed by atoms with E-state index in [1.807, 2.05) is 42.5 Å². The number of hydrogen-bond donors (Lipinski definition) is 2. The third kappa shape index (κ3) is 4.77. The van der Waals surface area contributed by atoms with Gasteiger partial charge in [0, 0.05) is 18.0 Å². The standard InChI is InChI=1S/C23H18N4O3/c28-22-20(11-16-5-2-1-3-6-16)26-23(29)21(27-22)12-18-8-9-19(14-25-18)30-15-17-7-4-10-24-13-17/h1-14H,15H2,(H,26,29)(H,27,28)/b20-11-,21-12-. The normalized spacial score (nSPS) is 12.1. The Morgan fingerprint density at radius 3 is 2.27 bits per heavy atom. The number of rotatable bonds is 5. The molecule has 0 atom stereocenters. The van der Waals surface area contributed by atoms with Crippen molar-refractivity contribution in [2.24, 2.45) is 0 Å². The second kappa shape index (κ2) is 8.83. The number of aromatic nitrogens is 4. The Hall–Kier alpha value is -4.26. The second-order valence-corrected chi connectivity index (χ2v) is 6.50. The molecule has 0 aliphatic carbocycles. The Balaban J connectivity index is 1.56. The first-order valence-corrected chi connectivity index (χ1v) is 9.26. The SMILES string of the molecule is O=c1[nH]/c(=C\c2ccc(OCc3cccnc3)cn2)c(=O)[nH]/c1=C\c1ccccc1. The van der Waals surface area contributed by atoms with E-state index < -0.39 is 5.56 Å². The van der Waals surface area contributed by atoms with Crippen molar-refractivity contribution in [1.82, 2.24) is 19.9 Å². The molecule has 0 amide bonds. The molecule has 2 N–H and O–H groups in total. The van der Waals surface area contributed by atoms with Gasteiger partial charge in [-0.25, -0.2) is 0 Å². The number of H-pyrrole nitrogens is 2. The maximum absolute atomic E-state index is 12.4. The van der Waals surface area contributed by atoms with Crippen LogP contribution in [0.2, 0.25) is 0 Å². The fourth-order valence-corrected chi connectivity index (χ4v) is 2.77. The summed E-state index contributed by atoms with van der Waals surface area (Å²) in [6.07, 6.45) is 8.13. The predicted molar refractivity (Wildman–Crippen MR) is 113 cm³/mol. The van der Waals surface area contributed by atoms with Crippen LogP contribution in [-0.4, -0.2) is 19.9 Å². The Labute approximate surface area is 171 Å². The van der Waals surface area contributed by atoms with Gasteiger partial charge in [0.2, 0.25) is 0 Å². The van der Waals surface area contributed by atoms with Gasteiger partial charge in [-0.05, 0) is 35.9 Å². The summed E-state index contributed by atoms with van der Waals surface area (Å²) in [4.78, 5) is 38.3. The van der Waals surface area contributed by atoms with Crippen LogP contribution in [0.4, 0.5) is 0 Å². The number of ether oxygens (including phenoxy) is 1. The number of pyridine rings is 2. The van der Waals surface area contributed by atoms with Crippen LogP contribution in [0.1, 0.15) is 16.8 Å². The summed E-state index contributed by atoms with van der Waals surface area (Å²) >= 11 is 0. The van der Waals surface area contributed by atoms with E-state index in [1.165, 1.54) is 6.08 Å². The van der Waals surface area contributed by atoms with Crippen molar-refractivity contribution in [2.75, 3.05) is 0 Å². The maximum atomic E-state index is 12.4. The van der Waals surface area contributed by atoms with Crippen LogP contribution < -0.4 is 26.6 Å². The highest BCUT2D eigenvalue weighted by Crippen LogP contribution is 2.11. The van der Waals surface area contributed by atoms with Gasteiger partial charge in [0.25, 0.3) is 11.1 Å². The summed E-state index contributed by atoms with van der Waals surface area (Å²) in [5.74, 6) is 0.589. The molecule has 3 heterocycles. The van der Waals surface area contributed by atoms with E-state index >= 15 is 0 Å². The van der Waals surface area contributed by atoms with Gasteiger partial charge in [-0.1, -0.05) is 36.4 Å². The van der Waals surface area contributed by atoms with Crippen molar-refractivity contribution in [3.05, 3.63) is 121 Å². The molecule has 148 valence electrons. The molecule has 0 aliphatic heterocycles. The molecule has 0 saturated carbocycles. The van der Waals surface area contributed by atoms with Crippen LogP contribution in [0.25, 0.3) is 12.2 Å². The number of aromatic amines is 2. The number of nitrogens with one attached hydrogen (secondary N) is 2. The molecule has 0 fully saturated rings. The first kappa shape index (κ1) is 19.1. The predicted octanol–water partition coefficient (Wildman–Crippen LogP) is 1.09. The first-order valence-electron chi connectivity index (χ1n) is 9.26. The second-order valence-electron chi connectivity index (χ2n) is 6.50. The van der Waals surface area contributed by atoms with E-state index in [9.17, 15) is 9.59 Å². The van der Waals surface area contributed by atoms with Crippen molar-refractivity contribution in [3.8, 4) is 5.75 Å². The van der Waals surface area contributed by atoms with Gasteiger partial charge in [0.05, 0.1) is 11.9 Å². The zero-order chi connectivity index (χ0) is 20.8. The number of nitrogens with zero attached hydrogens (tertiary/aromatic N) is 2. The molecule has 7 heteroatoms. The zero-order valence-corrected chi connectivity index (χ0v) is 15.9. The van der Waals surface area contributed by atoms with Gasteiger partial charge in [-0.3, -0.25) is 19.6 Å². The largest absolute Gasteiger partial charge is 0.487 e. The van der Waals surface area contributed by atoms with Gasteiger partial charge < -0.3 is 14.7 Å². The molecule has 3 aromatic heterocycles. The van der Waals surface area contributed by atoms with Crippen LogP contribution in [0.3, 0.4) is 0 Å². The average Bonchev–Trinajstić information content (AvgIpc) is 2.78. The van der Waals surface area contributed by atoms with Gasteiger partial charge in [-0.2, -0.15) is 0 Å². The van der Waals surface area contributed by atoms with Crippen LogP contribution in [0, 0.1) is 0 Å². The molecule has 4 aromatic rings. The highest BCUT2D eigenvalue weighted by atomic mass is 16.5. The summed E-state index contributed by atoms with van der Waals surface area (Å²) < 4.78 is 5.67. The Bertz CT molecular complexity index is 1360. The Kier molecular flexibility index (Phi) is 5.61. The molecule has 7 nitrogen and oxygen atoms in total. The lowest BCUT2D eigenvalue weighted by atomic mass is 10.2. The van der Waals surface area contributed by atoms with Crippen LogP contribution in [-0.2, 0) is 6.61 Å². The lowest BCUT2D eigenvalue weighted by Gasteiger charge is -2.05. The molecule has 30 heavy (non-hydrogen) atoms. The maximum Gasteiger partial charge on any atom is 0.272 e. The van der Waals surface area contributed by atoms with Crippen LogP contribution >= 0.6 is 0 Å².